The molecule has 2 rings (SSSR count). The molecule has 0 aliphatic heterocycles. The zero-order valence-corrected chi connectivity index (χ0v) is 8.56. The molecular weight excluding hydrogens is 182 g/mol. The van der Waals surface area contributed by atoms with Crippen LogP contribution in [0.4, 0.5) is 0 Å². The van der Waals surface area contributed by atoms with Crippen molar-refractivity contribution >= 4 is 11.6 Å². The lowest BCUT2D eigenvalue weighted by Gasteiger charge is -2.09. The van der Waals surface area contributed by atoms with Gasteiger partial charge in [-0.25, -0.2) is 0 Å². The second-order valence-electron chi connectivity index (χ2n) is 3.59. The number of hydrogen-bond acceptors (Lipinski definition) is 1. The smallest absolute Gasteiger partial charge is 0.0440 e. The Morgan fingerprint density at radius 3 is 3.00 bits per heavy atom. The van der Waals surface area contributed by atoms with Gasteiger partial charge in [0.1, 0.15) is 0 Å². The Labute approximate surface area is 83.9 Å². The average molecular weight is 196 g/mol. The van der Waals surface area contributed by atoms with Crippen LogP contribution in [0.5, 0.6) is 0 Å². The second-order valence-corrected chi connectivity index (χ2v) is 4.00. The topological polar surface area (TPSA) is 26.0 Å². The summed E-state index contributed by atoms with van der Waals surface area (Å²) in [5, 5.41) is 0.898. The molecule has 0 saturated carbocycles. The van der Waals surface area contributed by atoms with E-state index in [1.807, 2.05) is 6.07 Å². The van der Waals surface area contributed by atoms with Crippen LogP contribution in [0.1, 0.15) is 36.1 Å². The minimum Gasteiger partial charge on any atom is -0.324 e. The maximum Gasteiger partial charge on any atom is 0.0440 e. The number of rotatable bonds is 1. The van der Waals surface area contributed by atoms with Gasteiger partial charge in [0, 0.05) is 11.1 Å². The number of halogens is 1. The highest BCUT2D eigenvalue weighted by atomic mass is 35.5. The molecule has 1 aliphatic carbocycles. The third-order valence-electron chi connectivity index (χ3n) is 2.87. The standard InChI is InChI=1S/C11H14ClN/c1-2-7-8-4-6-11(13)9(8)3-5-10(7)12/h3,5,11H,2,4,6,13H2,1H3. The Morgan fingerprint density at radius 1 is 1.54 bits per heavy atom. The van der Waals surface area contributed by atoms with Crippen LogP contribution in [-0.4, -0.2) is 0 Å². The van der Waals surface area contributed by atoms with Crippen molar-refractivity contribution in [3.8, 4) is 0 Å². The number of fused-ring (bicyclic) bond motifs is 1. The largest absolute Gasteiger partial charge is 0.324 e. The molecule has 2 heteroatoms. The molecule has 0 spiro atoms. The van der Waals surface area contributed by atoms with Crippen molar-refractivity contribution in [1.29, 1.82) is 0 Å². The van der Waals surface area contributed by atoms with Crippen molar-refractivity contribution < 1.29 is 0 Å². The lowest BCUT2D eigenvalue weighted by molar-refractivity contribution is 0.713. The van der Waals surface area contributed by atoms with E-state index in [1.165, 1.54) is 16.7 Å². The van der Waals surface area contributed by atoms with Crippen LogP contribution in [0.2, 0.25) is 5.02 Å². The molecule has 0 fully saturated rings. The molecule has 1 atom stereocenters. The summed E-state index contributed by atoms with van der Waals surface area (Å²) in [4.78, 5) is 0. The molecule has 13 heavy (non-hydrogen) atoms. The molecule has 1 unspecified atom stereocenters. The van der Waals surface area contributed by atoms with Gasteiger partial charge in [-0.1, -0.05) is 24.6 Å². The van der Waals surface area contributed by atoms with Gasteiger partial charge < -0.3 is 5.73 Å². The molecule has 1 aliphatic rings. The van der Waals surface area contributed by atoms with E-state index in [2.05, 4.69) is 13.0 Å². The Kier molecular flexibility index (Phi) is 2.31. The molecule has 70 valence electrons. The lowest BCUT2D eigenvalue weighted by Crippen LogP contribution is -2.05. The molecule has 1 nitrogen and oxygen atoms in total. The number of nitrogens with two attached hydrogens (primary N) is 1. The fraction of sp³-hybridized carbons (Fsp3) is 0.455. The Balaban J connectivity index is 2.57. The predicted octanol–water partition coefficient (Wildman–Crippen LogP) is 2.85. The highest BCUT2D eigenvalue weighted by molar-refractivity contribution is 6.31. The third kappa shape index (κ3) is 1.36. The third-order valence-corrected chi connectivity index (χ3v) is 3.22. The summed E-state index contributed by atoms with van der Waals surface area (Å²) in [6.07, 6.45) is 3.18. The summed E-state index contributed by atoms with van der Waals surface area (Å²) in [5.41, 5.74) is 9.99. The SMILES string of the molecule is CCc1c(Cl)ccc2c1CCC2N. The Morgan fingerprint density at radius 2 is 2.31 bits per heavy atom. The van der Waals surface area contributed by atoms with Crippen LogP contribution < -0.4 is 5.73 Å². The molecule has 2 N–H and O–H groups in total. The molecule has 0 heterocycles. The molecule has 0 saturated heterocycles. The van der Waals surface area contributed by atoms with Crippen LogP contribution in [-0.2, 0) is 12.8 Å². The first kappa shape index (κ1) is 9.04. The second kappa shape index (κ2) is 3.32. The zero-order chi connectivity index (χ0) is 9.42. The fourth-order valence-electron chi connectivity index (χ4n) is 2.16. The molecule has 0 amide bonds. The summed E-state index contributed by atoms with van der Waals surface area (Å²) in [5.74, 6) is 0. The highest BCUT2D eigenvalue weighted by Gasteiger charge is 2.21. The highest BCUT2D eigenvalue weighted by Crippen LogP contribution is 2.35. The van der Waals surface area contributed by atoms with Crippen molar-refractivity contribution in [2.45, 2.75) is 32.2 Å². The summed E-state index contributed by atoms with van der Waals surface area (Å²) >= 11 is 6.11. The van der Waals surface area contributed by atoms with Crippen LogP contribution in [0.25, 0.3) is 0 Å². The van der Waals surface area contributed by atoms with E-state index < -0.39 is 0 Å². The lowest BCUT2D eigenvalue weighted by atomic mass is 10.0. The normalized spacial score (nSPS) is 20.4. The first-order valence-electron chi connectivity index (χ1n) is 4.79. The molecule has 0 radical (unpaired) electrons. The van der Waals surface area contributed by atoms with E-state index in [9.17, 15) is 0 Å². The van der Waals surface area contributed by atoms with Gasteiger partial charge in [0.2, 0.25) is 0 Å². The summed E-state index contributed by atoms with van der Waals surface area (Å²) in [6.45, 7) is 2.14. The average Bonchev–Trinajstić information content (AvgIpc) is 2.48. The van der Waals surface area contributed by atoms with Crippen molar-refractivity contribution in [3.05, 3.63) is 33.8 Å². The summed E-state index contributed by atoms with van der Waals surface area (Å²) in [7, 11) is 0. The molecule has 1 aromatic carbocycles. The maximum atomic E-state index is 6.11. The maximum absolute atomic E-state index is 6.11. The predicted molar refractivity (Wildman–Crippen MR) is 56.1 cm³/mol. The van der Waals surface area contributed by atoms with Crippen molar-refractivity contribution in [1.82, 2.24) is 0 Å². The van der Waals surface area contributed by atoms with Crippen LogP contribution in [0.3, 0.4) is 0 Å². The molecular formula is C11H14ClN. The van der Waals surface area contributed by atoms with Gasteiger partial charge in [-0.2, -0.15) is 0 Å². The quantitative estimate of drug-likeness (QED) is 0.733. The number of hydrogen-bond donors (Lipinski definition) is 1. The van der Waals surface area contributed by atoms with Gasteiger partial charge >= 0.3 is 0 Å². The summed E-state index contributed by atoms with van der Waals surface area (Å²) in [6, 6.07) is 4.29. The van der Waals surface area contributed by atoms with Crippen LogP contribution in [0, 0.1) is 0 Å². The van der Waals surface area contributed by atoms with E-state index in [1.54, 1.807) is 0 Å². The van der Waals surface area contributed by atoms with Crippen molar-refractivity contribution in [2.75, 3.05) is 0 Å². The van der Waals surface area contributed by atoms with Crippen LogP contribution in [0.15, 0.2) is 12.1 Å². The van der Waals surface area contributed by atoms with E-state index in [0.29, 0.717) is 0 Å². The van der Waals surface area contributed by atoms with E-state index in [0.717, 1.165) is 24.3 Å². The van der Waals surface area contributed by atoms with Crippen molar-refractivity contribution in [2.24, 2.45) is 5.73 Å². The Hall–Kier alpha value is -0.530. The first-order valence-corrected chi connectivity index (χ1v) is 5.17. The van der Waals surface area contributed by atoms with E-state index in [-0.39, 0.29) is 6.04 Å². The minimum absolute atomic E-state index is 0.234. The van der Waals surface area contributed by atoms with Gasteiger partial charge in [0.05, 0.1) is 0 Å². The number of benzene rings is 1. The van der Waals surface area contributed by atoms with Crippen molar-refractivity contribution in [3.63, 3.8) is 0 Å². The van der Waals surface area contributed by atoms with E-state index >= 15 is 0 Å². The first-order chi connectivity index (χ1) is 6.24. The Bertz CT molecular complexity index is 333. The molecule has 0 bridgehead atoms. The summed E-state index contributed by atoms with van der Waals surface area (Å²) < 4.78 is 0. The molecule has 0 aromatic heterocycles. The minimum atomic E-state index is 0.234. The van der Waals surface area contributed by atoms with Gasteiger partial charge in [-0.05, 0) is 42.0 Å². The van der Waals surface area contributed by atoms with Gasteiger partial charge in [0.15, 0.2) is 0 Å². The van der Waals surface area contributed by atoms with Crippen LogP contribution >= 0.6 is 11.6 Å². The zero-order valence-electron chi connectivity index (χ0n) is 7.81. The van der Waals surface area contributed by atoms with Gasteiger partial charge in [-0.3, -0.25) is 0 Å². The fourth-order valence-corrected chi connectivity index (χ4v) is 2.47. The van der Waals surface area contributed by atoms with Gasteiger partial charge in [-0.15, -0.1) is 0 Å². The monoisotopic (exact) mass is 195 g/mol. The molecule has 1 aromatic rings. The van der Waals surface area contributed by atoms with E-state index in [4.69, 9.17) is 17.3 Å². The van der Waals surface area contributed by atoms with Gasteiger partial charge in [0.25, 0.3) is 0 Å².